The number of hydrogen-bond donors (Lipinski definition) is 1. The van der Waals surface area contributed by atoms with Gasteiger partial charge in [0.15, 0.2) is 0 Å². The van der Waals surface area contributed by atoms with Gasteiger partial charge < -0.3 is 10.0 Å². The average Bonchev–Trinajstić information content (AvgIpc) is 2.21. The summed E-state index contributed by atoms with van der Waals surface area (Å²) in [5, 5.41) is 9.86. The first kappa shape index (κ1) is 17.9. The first-order chi connectivity index (χ1) is 8.15. The van der Waals surface area contributed by atoms with Crippen LogP contribution in [0.2, 0.25) is 0 Å². The molecule has 0 fully saturated rings. The summed E-state index contributed by atoms with van der Waals surface area (Å²) < 4.78 is 0. The molecule has 2 heteroatoms. The van der Waals surface area contributed by atoms with Crippen LogP contribution in [0.1, 0.15) is 61.3 Å². The quantitative estimate of drug-likeness (QED) is 0.679. The molecule has 18 heavy (non-hydrogen) atoms. The van der Waals surface area contributed by atoms with Gasteiger partial charge in [0.05, 0.1) is 6.10 Å². The minimum atomic E-state index is -0.252. The molecule has 0 aliphatic heterocycles. The van der Waals surface area contributed by atoms with Crippen LogP contribution in [-0.2, 0) is 0 Å². The molecule has 0 saturated heterocycles. The van der Waals surface area contributed by atoms with Crippen LogP contribution in [0, 0.1) is 17.3 Å². The van der Waals surface area contributed by atoms with Gasteiger partial charge in [-0.05, 0) is 44.7 Å². The Hall–Kier alpha value is -0.0800. The fraction of sp³-hybridized carbons (Fsp3) is 1.00. The number of aliphatic hydroxyl groups is 1. The van der Waals surface area contributed by atoms with Crippen LogP contribution in [0.5, 0.6) is 0 Å². The molecular formula is C16H35NO. The van der Waals surface area contributed by atoms with E-state index in [-0.39, 0.29) is 11.5 Å². The lowest BCUT2D eigenvalue weighted by atomic mass is 9.86. The third kappa shape index (κ3) is 8.10. The smallest absolute Gasteiger partial charge is 0.0575 e. The Morgan fingerprint density at radius 2 is 1.28 bits per heavy atom. The molecule has 0 bridgehead atoms. The molecule has 1 N–H and O–H groups in total. The lowest BCUT2D eigenvalue weighted by molar-refractivity contribution is 0.0321. The lowest BCUT2D eigenvalue weighted by Crippen LogP contribution is -2.41. The summed E-state index contributed by atoms with van der Waals surface area (Å²) in [6.45, 7) is 18.6. The molecule has 0 aliphatic rings. The predicted octanol–water partition coefficient (Wildman–Crippen LogP) is 3.79. The van der Waals surface area contributed by atoms with Crippen molar-refractivity contribution >= 4 is 0 Å². The molecule has 110 valence electrons. The van der Waals surface area contributed by atoms with Crippen molar-refractivity contribution in [2.45, 2.75) is 67.4 Å². The van der Waals surface area contributed by atoms with Crippen LogP contribution in [-0.4, -0.2) is 35.7 Å². The maximum atomic E-state index is 9.86. The standard InChI is InChI=1S/C16H35NO/c1-13(2)8-10-17(11-9-14(3)4)12-16(6,7)15(5)18/h13-15,18H,8-12H2,1-7H3. The van der Waals surface area contributed by atoms with Gasteiger partial charge in [0, 0.05) is 12.0 Å². The second-order valence-electron chi connectivity index (χ2n) is 7.31. The van der Waals surface area contributed by atoms with Crippen molar-refractivity contribution in [3.8, 4) is 0 Å². The molecule has 2 nitrogen and oxygen atoms in total. The van der Waals surface area contributed by atoms with Gasteiger partial charge in [-0.3, -0.25) is 0 Å². The van der Waals surface area contributed by atoms with E-state index in [0.717, 1.165) is 31.5 Å². The molecule has 0 amide bonds. The van der Waals surface area contributed by atoms with E-state index in [1.165, 1.54) is 12.8 Å². The number of rotatable bonds is 9. The minimum absolute atomic E-state index is 0.0199. The van der Waals surface area contributed by atoms with Crippen molar-refractivity contribution in [3.63, 3.8) is 0 Å². The van der Waals surface area contributed by atoms with E-state index < -0.39 is 0 Å². The molecule has 1 unspecified atom stereocenters. The van der Waals surface area contributed by atoms with Crippen molar-refractivity contribution in [2.75, 3.05) is 19.6 Å². The molecule has 0 aliphatic carbocycles. The van der Waals surface area contributed by atoms with Crippen LogP contribution >= 0.6 is 0 Å². The Labute approximate surface area is 115 Å². The second kappa shape index (κ2) is 8.16. The normalized spacial score (nSPS) is 14.8. The van der Waals surface area contributed by atoms with E-state index in [2.05, 4.69) is 46.4 Å². The second-order valence-corrected chi connectivity index (χ2v) is 7.31. The summed E-state index contributed by atoms with van der Waals surface area (Å²) in [6, 6.07) is 0. The fourth-order valence-electron chi connectivity index (χ4n) is 1.86. The first-order valence-corrected chi connectivity index (χ1v) is 7.55. The molecular weight excluding hydrogens is 222 g/mol. The fourth-order valence-corrected chi connectivity index (χ4v) is 1.86. The Balaban J connectivity index is 4.36. The third-order valence-corrected chi connectivity index (χ3v) is 3.81. The first-order valence-electron chi connectivity index (χ1n) is 7.55. The van der Waals surface area contributed by atoms with E-state index in [9.17, 15) is 5.11 Å². The summed E-state index contributed by atoms with van der Waals surface area (Å²) in [7, 11) is 0. The zero-order chi connectivity index (χ0) is 14.3. The molecule has 0 aromatic carbocycles. The van der Waals surface area contributed by atoms with Crippen molar-refractivity contribution in [1.29, 1.82) is 0 Å². The monoisotopic (exact) mass is 257 g/mol. The highest BCUT2D eigenvalue weighted by atomic mass is 16.3. The Kier molecular flexibility index (Phi) is 8.13. The van der Waals surface area contributed by atoms with Gasteiger partial charge >= 0.3 is 0 Å². The molecule has 0 radical (unpaired) electrons. The van der Waals surface area contributed by atoms with Crippen LogP contribution < -0.4 is 0 Å². The summed E-state index contributed by atoms with van der Waals surface area (Å²) in [4.78, 5) is 2.53. The number of aliphatic hydroxyl groups excluding tert-OH is 1. The van der Waals surface area contributed by atoms with Crippen molar-refractivity contribution < 1.29 is 5.11 Å². The van der Waals surface area contributed by atoms with Crippen LogP contribution in [0.15, 0.2) is 0 Å². The van der Waals surface area contributed by atoms with Crippen molar-refractivity contribution in [1.82, 2.24) is 4.90 Å². The highest BCUT2D eigenvalue weighted by molar-refractivity contribution is 4.79. The summed E-state index contributed by atoms with van der Waals surface area (Å²) in [6.07, 6.45) is 2.24. The topological polar surface area (TPSA) is 23.5 Å². The van der Waals surface area contributed by atoms with E-state index in [0.29, 0.717) is 0 Å². The Bertz CT molecular complexity index is 197. The molecule has 0 heterocycles. The van der Waals surface area contributed by atoms with E-state index >= 15 is 0 Å². The highest BCUT2D eigenvalue weighted by Gasteiger charge is 2.26. The summed E-state index contributed by atoms with van der Waals surface area (Å²) >= 11 is 0. The van der Waals surface area contributed by atoms with Gasteiger partial charge in [0.2, 0.25) is 0 Å². The van der Waals surface area contributed by atoms with Gasteiger partial charge in [0.1, 0.15) is 0 Å². The molecule has 0 aromatic rings. The van der Waals surface area contributed by atoms with Gasteiger partial charge in [-0.2, -0.15) is 0 Å². The lowest BCUT2D eigenvalue weighted by Gasteiger charge is -2.35. The van der Waals surface area contributed by atoms with Gasteiger partial charge in [-0.25, -0.2) is 0 Å². The maximum absolute atomic E-state index is 9.86. The Morgan fingerprint density at radius 3 is 1.56 bits per heavy atom. The van der Waals surface area contributed by atoms with Crippen molar-refractivity contribution in [2.24, 2.45) is 17.3 Å². The SMILES string of the molecule is CC(C)CCN(CCC(C)C)CC(C)(C)C(C)O. The molecule has 0 rings (SSSR count). The number of nitrogens with zero attached hydrogens (tertiary/aromatic N) is 1. The van der Waals surface area contributed by atoms with Crippen molar-refractivity contribution in [3.05, 3.63) is 0 Å². The number of hydrogen-bond acceptors (Lipinski definition) is 2. The highest BCUT2D eigenvalue weighted by Crippen LogP contribution is 2.23. The molecule has 0 spiro atoms. The minimum Gasteiger partial charge on any atom is -0.393 e. The Morgan fingerprint density at radius 1 is 0.889 bits per heavy atom. The molecule has 1 atom stereocenters. The maximum Gasteiger partial charge on any atom is 0.0575 e. The zero-order valence-electron chi connectivity index (χ0n) is 13.7. The molecule has 0 saturated carbocycles. The average molecular weight is 257 g/mol. The third-order valence-electron chi connectivity index (χ3n) is 3.81. The zero-order valence-corrected chi connectivity index (χ0v) is 13.7. The molecule has 0 aromatic heterocycles. The summed E-state index contributed by atoms with van der Waals surface area (Å²) in [5.41, 5.74) is -0.0199. The van der Waals surface area contributed by atoms with E-state index in [4.69, 9.17) is 0 Å². The summed E-state index contributed by atoms with van der Waals surface area (Å²) in [5.74, 6) is 1.50. The van der Waals surface area contributed by atoms with Crippen LogP contribution in [0.3, 0.4) is 0 Å². The largest absolute Gasteiger partial charge is 0.393 e. The van der Waals surface area contributed by atoms with Crippen LogP contribution in [0.25, 0.3) is 0 Å². The predicted molar refractivity (Wildman–Crippen MR) is 80.8 cm³/mol. The van der Waals surface area contributed by atoms with Gasteiger partial charge in [-0.15, -0.1) is 0 Å². The van der Waals surface area contributed by atoms with E-state index in [1.54, 1.807) is 0 Å². The van der Waals surface area contributed by atoms with E-state index in [1.807, 2.05) is 6.92 Å². The van der Waals surface area contributed by atoms with Gasteiger partial charge in [0.25, 0.3) is 0 Å². The van der Waals surface area contributed by atoms with Crippen LogP contribution in [0.4, 0.5) is 0 Å². The van der Waals surface area contributed by atoms with Gasteiger partial charge in [-0.1, -0.05) is 41.5 Å².